The highest BCUT2D eigenvalue weighted by Gasteiger charge is 2.10. The second-order valence-corrected chi connectivity index (χ2v) is 5.82. The number of aromatic nitrogens is 2. The van der Waals surface area contributed by atoms with Crippen molar-refractivity contribution >= 4 is 55.4 Å². The molecule has 4 nitrogen and oxygen atoms in total. The lowest BCUT2D eigenvalue weighted by Crippen LogP contribution is -2.10. The zero-order valence-corrected chi connectivity index (χ0v) is 14.2. The first-order valence-corrected chi connectivity index (χ1v) is 7.72. The molecule has 0 bridgehead atoms. The van der Waals surface area contributed by atoms with Crippen LogP contribution in [-0.4, -0.2) is 20.3 Å². The van der Waals surface area contributed by atoms with Crippen LogP contribution in [0.15, 0.2) is 24.3 Å². The number of rotatable bonds is 5. The van der Waals surface area contributed by atoms with Crippen molar-refractivity contribution in [1.29, 1.82) is 0 Å². The average molecular weight is 440 g/mol. The number of hydrogen-bond donors (Lipinski definition) is 1. The Bertz CT molecular complexity index is 664. The van der Waals surface area contributed by atoms with Gasteiger partial charge in [-0.25, -0.2) is 14.4 Å². The van der Waals surface area contributed by atoms with Crippen molar-refractivity contribution in [2.24, 2.45) is 0 Å². The molecule has 1 aromatic heterocycles. The molecule has 0 fully saturated rings. The van der Waals surface area contributed by atoms with Gasteiger partial charge < -0.3 is 5.32 Å². The maximum atomic E-state index is 13.6. The largest absolute Gasteiger partial charge is 0.370 e. The summed E-state index contributed by atoms with van der Waals surface area (Å²) in [5, 5.41) is 3.51. The molecule has 0 saturated carbocycles. The normalized spacial score (nSPS) is 10.5. The van der Waals surface area contributed by atoms with Gasteiger partial charge in [-0.05, 0) is 18.6 Å². The van der Waals surface area contributed by atoms with Gasteiger partial charge in [-0.15, -0.1) is 0 Å². The summed E-state index contributed by atoms with van der Waals surface area (Å²) in [5.74, 6) is 0.0742. The van der Waals surface area contributed by atoms with Gasteiger partial charge in [0.1, 0.15) is 16.8 Å². The van der Waals surface area contributed by atoms with Crippen LogP contribution in [0.4, 0.5) is 10.2 Å². The number of anilines is 1. The van der Waals surface area contributed by atoms with E-state index in [9.17, 15) is 9.18 Å². The average Bonchev–Trinajstić information content (AvgIpc) is 2.41. The molecule has 0 saturated heterocycles. The first-order chi connectivity index (χ1) is 9.97. The second-order valence-electron chi connectivity index (χ2n) is 4.05. The van der Waals surface area contributed by atoms with Crippen molar-refractivity contribution in [3.05, 3.63) is 51.6 Å². The van der Waals surface area contributed by atoms with Gasteiger partial charge in [0.05, 0.1) is 0 Å². The van der Waals surface area contributed by atoms with E-state index in [4.69, 9.17) is 23.2 Å². The summed E-state index contributed by atoms with van der Waals surface area (Å²) in [7, 11) is 0. The van der Waals surface area contributed by atoms with Crippen molar-refractivity contribution in [1.82, 2.24) is 9.97 Å². The van der Waals surface area contributed by atoms with Crippen molar-refractivity contribution in [3.63, 3.8) is 0 Å². The Morgan fingerprint density at radius 1 is 1.33 bits per heavy atom. The summed E-state index contributed by atoms with van der Waals surface area (Å²) in [4.78, 5) is 19.1. The van der Waals surface area contributed by atoms with Crippen LogP contribution in [0, 0.1) is 5.82 Å². The van der Waals surface area contributed by atoms with E-state index in [2.05, 4.69) is 15.3 Å². The summed E-state index contributed by atoms with van der Waals surface area (Å²) in [6, 6.07) is 6.04. The lowest BCUT2D eigenvalue weighted by molar-refractivity contribution is 0.109. The van der Waals surface area contributed by atoms with Crippen LogP contribution in [0.1, 0.15) is 16.2 Å². The van der Waals surface area contributed by atoms with Gasteiger partial charge in [0, 0.05) is 45.8 Å². The fourth-order valence-corrected chi connectivity index (χ4v) is 2.36. The van der Waals surface area contributed by atoms with Crippen molar-refractivity contribution in [2.45, 2.75) is 6.42 Å². The van der Waals surface area contributed by atoms with Crippen LogP contribution in [0.2, 0.25) is 10.2 Å². The highest BCUT2D eigenvalue weighted by molar-refractivity contribution is 14.1. The monoisotopic (exact) mass is 439 g/mol. The third-order valence-corrected chi connectivity index (χ3v) is 3.64. The predicted octanol–water partition coefficient (Wildman–Crippen LogP) is 4.15. The van der Waals surface area contributed by atoms with Gasteiger partial charge in [0.15, 0.2) is 0 Å². The Balaban J connectivity index is 2.05. The molecule has 1 N–H and O–H groups in total. The molecule has 2 rings (SSSR count). The number of benzene rings is 1. The third kappa shape index (κ3) is 4.49. The van der Waals surface area contributed by atoms with Gasteiger partial charge in [-0.1, -0.05) is 29.3 Å². The minimum Gasteiger partial charge on any atom is -0.370 e. The number of halogens is 4. The zero-order valence-electron chi connectivity index (χ0n) is 10.5. The topological polar surface area (TPSA) is 54.9 Å². The number of carbonyl (C=O) groups excluding carboxylic acids is 1. The molecule has 8 heteroatoms. The van der Waals surface area contributed by atoms with E-state index >= 15 is 0 Å². The molecule has 0 radical (unpaired) electrons. The van der Waals surface area contributed by atoms with E-state index in [1.165, 1.54) is 12.1 Å². The van der Waals surface area contributed by atoms with E-state index in [0.29, 0.717) is 29.4 Å². The third-order valence-electron chi connectivity index (χ3n) is 2.61. The first-order valence-electron chi connectivity index (χ1n) is 5.88. The Labute approximate surface area is 144 Å². The minimum absolute atomic E-state index is 0.0227. The first kappa shape index (κ1) is 16.4. The molecule has 21 heavy (non-hydrogen) atoms. The maximum Gasteiger partial charge on any atom is 0.259 e. The molecule has 0 atom stereocenters. The Morgan fingerprint density at radius 2 is 2.10 bits per heavy atom. The van der Waals surface area contributed by atoms with E-state index in [1.54, 1.807) is 34.7 Å². The summed E-state index contributed by atoms with van der Waals surface area (Å²) in [5.41, 5.74) is 0.428. The number of nitrogens with one attached hydrogen (secondary N) is 1. The lowest BCUT2D eigenvalue weighted by Gasteiger charge is -2.08. The molecular weight excluding hydrogens is 431 g/mol. The SMILES string of the molecule is O=C(I)c1nc(Cl)cc(NCCc2c(F)cccc2Cl)n1. The number of nitrogens with zero attached hydrogens (tertiary/aromatic N) is 2. The van der Waals surface area contributed by atoms with E-state index in [1.807, 2.05) is 0 Å². The van der Waals surface area contributed by atoms with Crippen molar-refractivity contribution < 1.29 is 9.18 Å². The molecule has 110 valence electrons. The minimum atomic E-state index is -0.354. The predicted molar refractivity (Wildman–Crippen MR) is 89.0 cm³/mol. The molecule has 2 aromatic rings. The fraction of sp³-hybridized carbons (Fsp3) is 0.154. The molecule has 1 aromatic carbocycles. The van der Waals surface area contributed by atoms with Gasteiger partial charge in [0.25, 0.3) is 3.79 Å². The van der Waals surface area contributed by atoms with Crippen LogP contribution < -0.4 is 5.32 Å². The van der Waals surface area contributed by atoms with Gasteiger partial charge in [-0.3, -0.25) is 4.79 Å². The summed E-state index contributed by atoms with van der Waals surface area (Å²) < 4.78 is 13.3. The summed E-state index contributed by atoms with van der Waals surface area (Å²) >= 11 is 13.3. The molecule has 0 aliphatic rings. The Morgan fingerprint density at radius 3 is 2.76 bits per heavy atom. The van der Waals surface area contributed by atoms with E-state index in [0.717, 1.165) is 0 Å². The van der Waals surface area contributed by atoms with Gasteiger partial charge in [0.2, 0.25) is 5.82 Å². The van der Waals surface area contributed by atoms with Crippen LogP contribution >= 0.6 is 45.8 Å². The van der Waals surface area contributed by atoms with Crippen LogP contribution in [0.5, 0.6) is 0 Å². The fourth-order valence-electron chi connectivity index (χ4n) is 1.68. The van der Waals surface area contributed by atoms with Crippen molar-refractivity contribution in [3.8, 4) is 0 Å². The Kier molecular flexibility index (Phi) is 5.72. The van der Waals surface area contributed by atoms with E-state index < -0.39 is 0 Å². The number of carbonyl (C=O) groups is 1. The highest BCUT2D eigenvalue weighted by Crippen LogP contribution is 2.20. The number of hydrogen-bond acceptors (Lipinski definition) is 4. The summed E-state index contributed by atoms with van der Waals surface area (Å²) in [6.45, 7) is 0.392. The smallest absolute Gasteiger partial charge is 0.259 e. The quantitative estimate of drug-likeness (QED) is 0.432. The summed E-state index contributed by atoms with van der Waals surface area (Å²) in [6.07, 6.45) is 0.376. The molecule has 1 heterocycles. The molecule has 0 aliphatic heterocycles. The molecule has 0 aliphatic carbocycles. The molecule has 0 spiro atoms. The Hall–Kier alpha value is -0.990. The highest BCUT2D eigenvalue weighted by atomic mass is 127. The molecular formula is C13H9Cl2FIN3O. The van der Waals surface area contributed by atoms with Crippen LogP contribution in [-0.2, 0) is 6.42 Å². The molecule has 0 unspecified atom stereocenters. The van der Waals surface area contributed by atoms with Crippen molar-refractivity contribution in [2.75, 3.05) is 11.9 Å². The van der Waals surface area contributed by atoms with E-state index in [-0.39, 0.29) is 20.6 Å². The zero-order chi connectivity index (χ0) is 15.4. The lowest BCUT2D eigenvalue weighted by atomic mass is 10.1. The van der Waals surface area contributed by atoms with Crippen LogP contribution in [0.25, 0.3) is 0 Å². The second kappa shape index (κ2) is 7.33. The maximum absolute atomic E-state index is 13.6. The van der Waals surface area contributed by atoms with Gasteiger partial charge in [-0.2, -0.15) is 0 Å². The molecule has 0 amide bonds. The standard InChI is InChI=1S/C13H9Cl2FIN3O/c14-8-2-1-3-9(16)7(8)4-5-18-11-6-10(15)19-13(20-11)12(17)21/h1-3,6H,4-5H2,(H,18,19,20). The van der Waals surface area contributed by atoms with Gasteiger partial charge >= 0.3 is 0 Å². The van der Waals surface area contributed by atoms with Crippen LogP contribution in [0.3, 0.4) is 0 Å².